The average molecular weight is 615 g/mol. The van der Waals surface area contributed by atoms with Crippen LogP contribution in [0.25, 0.3) is 11.1 Å². The summed E-state index contributed by atoms with van der Waals surface area (Å²) in [7, 11) is -6.93. The molecule has 0 amide bonds. The van der Waals surface area contributed by atoms with Gasteiger partial charge in [0.1, 0.15) is 0 Å². The van der Waals surface area contributed by atoms with E-state index in [0.29, 0.717) is 6.42 Å². The highest BCUT2D eigenvalue weighted by atomic mass is 31.2. The normalized spacial score (nSPS) is 14.2. The van der Waals surface area contributed by atoms with Crippen LogP contribution in [0.2, 0.25) is 5.04 Å². The predicted molar refractivity (Wildman–Crippen MR) is 179 cm³/mol. The minimum Gasteiger partial charge on any atom is -0.481 e. The van der Waals surface area contributed by atoms with Crippen molar-refractivity contribution in [2.24, 2.45) is 0 Å². The Kier molecular flexibility index (Phi) is 10.3. The smallest absolute Gasteiger partial charge is 0.305 e. The maximum atomic E-state index is 13.9. The molecule has 2 atom stereocenters. The standard InChI is InChI=1S/C36H43O5PSi/c1-27-23-28(2)33(34(24-27)29-15-9-6-10-16-29)21-22-42(39,40)26-30(25-35(37)38)41-43(36(3,4)5,31-17-11-7-12-18-31)32-19-13-8-14-20-32/h6-20,23-24,30H,21-22,25-26H2,1-5H3,(H,37,38)(H,39,40). The van der Waals surface area contributed by atoms with E-state index in [2.05, 4.69) is 52.0 Å². The van der Waals surface area contributed by atoms with Crippen molar-refractivity contribution in [3.05, 3.63) is 120 Å². The molecule has 5 nitrogen and oxygen atoms in total. The van der Waals surface area contributed by atoms with Gasteiger partial charge < -0.3 is 14.4 Å². The first kappa shape index (κ1) is 32.6. The molecule has 2 N–H and O–H groups in total. The minimum atomic E-state index is -3.80. The lowest BCUT2D eigenvalue weighted by molar-refractivity contribution is -0.138. The molecular formula is C36H43O5PSi. The average Bonchev–Trinajstić information content (AvgIpc) is 2.95. The molecule has 0 aliphatic rings. The van der Waals surface area contributed by atoms with Gasteiger partial charge in [0.05, 0.1) is 18.7 Å². The van der Waals surface area contributed by atoms with E-state index >= 15 is 0 Å². The fraction of sp³-hybridized carbons (Fsp3) is 0.306. The lowest BCUT2D eigenvalue weighted by atomic mass is 9.92. The molecule has 0 aromatic heterocycles. The van der Waals surface area contributed by atoms with Gasteiger partial charge in [0.25, 0.3) is 8.32 Å². The molecule has 4 aromatic rings. The van der Waals surface area contributed by atoms with Gasteiger partial charge in [-0.3, -0.25) is 9.36 Å². The van der Waals surface area contributed by atoms with Gasteiger partial charge in [-0.05, 0) is 57.9 Å². The molecule has 0 saturated carbocycles. The van der Waals surface area contributed by atoms with Crippen LogP contribution < -0.4 is 10.4 Å². The molecule has 0 radical (unpaired) electrons. The number of aliphatic carboxylic acids is 1. The van der Waals surface area contributed by atoms with Gasteiger partial charge in [0.2, 0.25) is 7.37 Å². The van der Waals surface area contributed by atoms with Crippen LogP contribution in [0.4, 0.5) is 0 Å². The Morgan fingerprint density at radius 2 is 1.37 bits per heavy atom. The van der Waals surface area contributed by atoms with Crippen LogP contribution in [-0.4, -0.2) is 42.7 Å². The first-order chi connectivity index (χ1) is 20.3. The number of benzene rings is 4. The Morgan fingerprint density at radius 3 is 1.86 bits per heavy atom. The van der Waals surface area contributed by atoms with Gasteiger partial charge in [-0.25, -0.2) is 0 Å². The molecule has 0 aliphatic carbocycles. The topological polar surface area (TPSA) is 83.8 Å². The third-order valence-corrected chi connectivity index (χ3v) is 15.1. The number of aryl methyl sites for hydroxylation is 2. The number of hydrogen-bond donors (Lipinski definition) is 2. The van der Waals surface area contributed by atoms with E-state index in [1.165, 1.54) is 0 Å². The third-order valence-electron chi connectivity index (χ3n) is 8.06. The van der Waals surface area contributed by atoms with Crippen LogP contribution in [0.3, 0.4) is 0 Å². The van der Waals surface area contributed by atoms with E-state index < -0.39 is 32.8 Å². The van der Waals surface area contributed by atoms with Crippen LogP contribution in [-0.2, 0) is 20.2 Å². The van der Waals surface area contributed by atoms with Gasteiger partial charge in [-0.15, -0.1) is 0 Å². The van der Waals surface area contributed by atoms with E-state index in [1.807, 2.05) is 85.8 Å². The predicted octanol–water partition coefficient (Wildman–Crippen LogP) is 7.20. The summed E-state index contributed by atoms with van der Waals surface area (Å²) in [5.41, 5.74) is 5.37. The highest BCUT2D eigenvalue weighted by molar-refractivity contribution is 7.58. The number of carbonyl (C=O) groups is 1. The van der Waals surface area contributed by atoms with Gasteiger partial charge >= 0.3 is 5.97 Å². The zero-order valence-electron chi connectivity index (χ0n) is 25.8. The van der Waals surface area contributed by atoms with Gasteiger partial charge in [0.15, 0.2) is 0 Å². The summed E-state index contributed by atoms with van der Waals surface area (Å²) < 4.78 is 20.9. The van der Waals surface area contributed by atoms with Crippen molar-refractivity contribution in [3.8, 4) is 11.1 Å². The largest absolute Gasteiger partial charge is 0.481 e. The Hall–Kier alpha value is -3.28. The minimum absolute atomic E-state index is 0.0387. The van der Waals surface area contributed by atoms with Crippen molar-refractivity contribution < 1.29 is 23.8 Å². The fourth-order valence-corrected chi connectivity index (χ4v) is 12.6. The van der Waals surface area contributed by atoms with E-state index in [1.54, 1.807) is 0 Å². The summed E-state index contributed by atoms with van der Waals surface area (Å²) in [5, 5.41) is 11.5. The molecule has 4 aromatic carbocycles. The van der Waals surface area contributed by atoms with Crippen molar-refractivity contribution in [2.75, 3.05) is 12.3 Å². The summed E-state index contributed by atoms with van der Waals surface area (Å²) in [6, 6.07) is 34.2. The van der Waals surface area contributed by atoms with Crippen molar-refractivity contribution in [2.45, 2.75) is 58.6 Å². The monoisotopic (exact) mass is 614 g/mol. The molecule has 0 heterocycles. The molecule has 0 saturated heterocycles. The third kappa shape index (κ3) is 7.82. The summed E-state index contributed by atoms with van der Waals surface area (Å²) in [6.07, 6.45) is -1.07. The van der Waals surface area contributed by atoms with Crippen LogP contribution in [0.1, 0.15) is 43.9 Å². The second-order valence-corrected chi connectivity index (χ2v) is 19.2. The summed E-state index contributed by atoms with van der Waals surface area (Å²) in [6.45, 7) is 10.4. The maximum absolute atomic E-state index is 13.9. The molecule has 0 aliphatic heterocycles. The van der Waals surface area contributed by atoms with E-state index in [-0.39, 0.29) is 18.7 Å². The lowest BCUT2D eigenvalue weighted by Crippen LogP contribution is -2.68. The van der Waals surface area contributed by atoms with Crippen LogP contribution >= 0.6 is 7.37 Å². The van der Waals surface area contributed by atoms with Gasteiger partial charge in [-0.1, -0.05) is 129 Å². The quantitative estimate of drug-likeness (QED) is 0.130. The molecule has 7 heteroatoms. The molecule has 0 fully saturated rings. The summed E-state index contributed by atoms with van der Waals surface area (Å²) in [5.74, 6) is -1.05. The van der Waals surface area contributed by atoms with Crippen molar-refractivity contribution in [3.63, 3.8) is 0 Å². The van der Waals surface area contributed by atoms with Crippen molar-refractivity contribution in [1.82, 2.24) is 0 Å². The first-order valence-electron chi connectivity index (χ1n) is 14.8. The molecule has 0 spiro atoms. The zero-order valence-corrected chi connectivity index (χ0v) is 27.7. The first-order valence-corrected chi connectivity index (χ1v) is 18.7. The van der Waals surface area contributed by atoms with Crippen LogP contribution in [0.5, 0.6) is 0 Å². The Balaban J connectivity index is 1.69. The molecule has 0 bridgehead atoms. The molecule has 2 unspecified atom stereocenters. The fourth-order valence-electron chi connectivity index (χ4n) is 6.18. The highest BCUT2D eigenvalue weighted by Gasteiger charge is 2.52. The number of carboxylic acid groups (broad SMARTS) is 1. The van der Waals surface area contributed by atoms with Gasteiger partial charge in [-0.2, -0.15) is 0 Å². The SMILES string of the molecule is Cc1cc(C)c(CCP(=O)(O)CC(CC(=O)O)O[Si](c2ccccc2)(c2ccccc2)C(C)(C)C)c(-c2ccccc2)c1. The Labute approximate surface area is 257 Å². The zero-order chi connectivity index (χ0) is 31.3. The lowest BCUT2D eigenvalue weighted by Gasteiger charge is -2.45. The summed E-state index contributed by atoms with van der Waals surface area (Å²) >= 11 is 0. The van der Waals surface area contributed by atoms with E-state index in [0.717, 1.165) is 38.2 Å². The number of hydrogen-bond acceptors (Lipinski definition) is 3. The van der Waals surface area contributed by atoms with E-state index in [4.69, 9.17) is 4.43 Å². The van der Waals surface area contributed by atoms with E-state index in [9.17, 15) is 19.4 Å². The van der Waals surface area contributed by atoms with Gasteiger partial charge in [0, 0.05) is 6.16 Å². The molecular weight excluding hydrogens is 571 g/mol. The second kappa shape index (κ2) is 13.6. The van der Waals surface area contributed by atoms with Crippen LogP contribution in [0.15, 0.2) is 103 Å². The second-order valence-electron chi connectivity index (χ2n) is 12.5. The maximum Gasteiger partial charge on any atom is 0.305 e. The van der Waals surface area contributed by atoms with Crippen LogP contribution in [0, 0.1) is 13.8 Å². The van der Waals surface area contributed by atoms with Crippen molar-refractivity contribution >= 4 is 32.0 Å². The highest BCUT2D eigenvalue weighted by Crippen LogP contribution is 2.46. The molecule has 4 rings (SSSR count). The molecule has 226 valence electrons. The number of rotatable bonds is 12. The Bertz CT molecular complexity index is 1530. The summed E-state index contributed by atoms with van der Waals surface area (Å²) in [4.78, 5) is 23.5. The van der Waals surface area contributed by atoms with Crippen molar-refractivity contribution in [1.29, 1.82) is 0 Å². The molecule has 43 heavy (non-hydrogen) atoms. The number of carboxylic acids is 1. The Morgan fingerprint density at radius 1 is 0.860 bits per heavy atom.